The minimum absolute atomic E-state index is 0.139. The van der Waals surface area contributed by atoms with E-state index in [0.717, 1.165) is 37.9 Å². The number of hydrogen-bond donors (Lipinski definition) is 2. The molecule has 148 valence electrons. The first-order valence-electron chi connectivity index (χ1n) is 10.4. The Balaban J connectivity index is 0.000000233. The summed E-state index contributed by atoms with van der Waals surface area (Å²) in [6, 6.07) is 13.9. The molecule has 2 aromatic rings. The van der Waals surface area contributed by atoms with Crippen molar-refractivity contribution >= 4 is 0 Å². The van der Waals surface area contributed by atoms with Crippen molar-refractivity contribution in [1.29, 1.82) is 0 Å². The molecule has 0 saturated heterocycles. The zero-order chi connectivity index (χ0) is 19.7. The molecule has 0 amide bonds. The highest BCUT2D eigenvalue weighted by molar-refractivity contribution is 5.54. The third kappa shape index (κ3) is 3.68. The van der Waals surface area contributed by atoms with Crippen molar-refractivity contribution in [2.45, 2.75) is 57.5 Å². The number of fused-ring (bicyclic) bond motifs is 4. The van der Waals surface area contributed by atoms with E-state index in [0.29, 0.717) is 17.6 Å². The number of allylic oxidation sites excluding steroid dienone is 1. The van der Waals surface area contributed by atoms with Crippen LogP contribution in [0.5, 0.6) is 11.5 Å². The summed E-state index contributed by atoms with van der Waals surface area (Å²) in [7, 11) is 1.68. The van der Waals surface area contributed by atoms with Crippen LogP contribution in [0.1, 0.15) is 54.7 Å². The Hall–Kier alpha value is -2.26. The van der Waals surface area contributed by atoms with Crippen molar-refractivity contribution in [3.8, 4) is 11.5 Å². The number of rotatable bonds is 1. The largest absolute Gasteiger partial charge is 0.508 e. The summed E-state index contributed by atoms with van der Waals surface area (Å²) in [5.41, 5.74) is 6.92. The molecule has 0 spiro atoms. The van der Waals surface area contributed by atoms with Gasteiger partial charge >= 0.3 is 0 Å². The molecule has 0 bridgehead atoms. The number of aliphatic hydroxyl groups excluding tert-OH is 1. The van der Waals surface area contributed by atoms with Crippen molar-refractivity contribution < 1.29 is 14.9 Å². The lowest BCUT2D eigenvalue weighted by molar-refractivity contribution is 0.177. The molecular weight excluding hydrogens is 348 g/mol. The van der Waals surface area contributed by atoms with Crippen LogP contribution in [0, 0.1) is 12.8 Å². The van der Waals surface area contributed by atoms with E-state index < -0.39 is 0 Å². The summed E-state index contributed by atoms with van der Waals surface area (Å²) in [6.07, 6.45) is 6.03. The lowest BCUT2D eigenvalue weighted by atomic mass is 9.68. The van der Waals surface area contributed by atoms with Gasteiger partial charge in [-0.2, -0.15) is 0 Å². The van der Waals surface area contributed by atoms with Crippen LogP contribution < -0.4 is 4.74 Å². The molecule has 5 rings (SSSR count). The summed E-state index contributed by atoms with van der Waals surface area (Å²) in [5.74, 6) is 2.16. The Bertz CT molecular complexity index is 852. The molecule has 3 nitrogen and oxygen atoms in total. The van der Waals surface area contributed by atoms with Gasteiger partial charge in [-0.25, -0.2) is 0 Å². The molecular formula is C25H30O3. The fraction of sp³-hybridized carbons (Fsp3) is 0.440. The van der Waals surface area contributed by atoms with Crippen molar-refractivity contribution in [3.05, 3.63) is 70.3 Å². The number of phenolic OH excluding ortho intramolecular Hbond substituents is 1. The smallest absolute Gasteiger partial charge is 0.126 e. The first-order chi connectivity index (χ1) is 13.6. The van der Waals surface area contributed by atoms with Gasteiger partial charge in [0.25, 0.3) is 0 Å². The van der Waals surface area contributed by atoms with E-state index in [4.69, 9.17) is 4.74 Å². The molecule has 3 atom stereocenters. The van der Waals surface area contributed by atoms with Crippen molar-refractivity contribution in [3.63, 3.8) is 0 Å². The zero-order valence-corrected chi connectivity index (χ0v) is 16.8. The van der Waals surface area contributed by atoms with Gasteiger partial charge in [-0.3, -0.25) is 0 Å². The van der Waals surface area contributed by atoms with Crippen molar-refractivity contribution in [2.75, 3.05) is 7.11 Å². The van der Waals surface area contributed by atoms with Crippen LogP contribution in [0.3, 0.4) is 0 Å². The Morgan fingerprint density at radius 1 is 1.00 bits per heavy atom. The number of hydrogen-bond acceptors (Lipinski definition) is 3. The second-order valence-corrected chi connectivity index (χ2v) is 8.35. The monoisotopic (exact) mass is 378 g/mol. The standard InChI is InChI=1S/C18H22O3.C7H8/c1-21-17-9-13(20)7-11-3-4-14-15(18(11)17)5-2-10-6-12(19)8-16(10)14;1-7-5-3-2-4-6-7/h7,9-10,12,15,19-20H,2-6,8H2,1H3;2-6H,1H3. The Morgan fingerprint density at radius 2 is 1.79 bits per heavy atom. The maximum absolute atomic E-state index is 9.99. The number of phenols is 1. The van der Waals surface area contributed by atoms with Gasteiger partial charge in [0.1, 0.15) is 11.5 Å². The van der Waals surface area contributed by atoms with Gasteiger partial charge in [0.2, 0.25) is 0 Å². The second kappa shape index (κ2) is 8.00. The Kier molecular flexibility index (Phi) is 5.45. The van der Waals surface area contributed by atoms with Crippen LogP contribution in [0.2, 0.25) is 0 Å². The molecule has 3 unspecified atom stereocenters. The lowest BCUT2D eigenvalue weighted by Gasteiger charge is -2.36. The molecule has 28 heavy (non-hydrogen) atoms. The average molecular weight is 379 g/mol. The summed E-state index contributed by atoms with van der Waals surface area (Å²) >= 11 is 0. The van der Waals surface area contributed by atoms with E-state index >= 15 is 0 Å². The number of aryl methyl sites for hydroxylation is 2. The summed E-state index contributed by atoms with van der Waals surface area (Å²) < 4.78 is 5.54. The molecule has 2 N–H and O–H groups in total. The molecule has 3 aliphatic carbocycles. The third-order valence-electron chi connectivity index (χ3n) is 6.53. The van der Waals surface area contributed by atoms with Gasteiger partial charge < -0.3 is 14.9 Å². The van der Waals surface area contributed by atoms with Gasteiger partial charge in [0.05, 0.1) is 13.2 Å². The molecule has 3 aliphatic rings. The van der Waals surface area contributed by atoms with Crippen LogP contribution in [0.15, 0.2) is 53.6 Å². The van der Waals surface area contributed by atoms with E-state index in [1.165, 1.54) is 28.7 Å². The lowest BCUT2D eigenvalue weighted by Crippen LogP contribution is -2.21. The average Bonchev–Trinajstić information content (AvgIpc) is 3.08. The van der Waals surface area contributed by atoms with Crippen molar-refractivity contribution in [1.82, 2.24) is 0 Å². The quantitative estimate of drug-likeness (QED) is 0.663. The second-order valence-electron chi connectivity index (χ2n) is 8.35. The number of benzene rings is 2. The predicted octanol–water partition coefficient (Wildman–Crippen LogP) is 5.29. The highest BCUT2D eigenvalue weighted by Crippen LogP contribution is 2.53. The molecule has 0 aromatic heterocycles. The summed E-state index contributed by atoms with van der Waals surface area (Å²) in [5, 5.41) is 19.8. The van der Waals surface area contributed by atoms with Crippen molar-refractivity contribution in [2.24, 2.45) is 5.92 Å². The maximum Gasteiger partial charge on any atom is 0.126 e. The number of aromatic hydroxyl groups is 1. The van der Waals surface area contributed by atoms with Crippen LogP contribution in [-0.4, -0.2) is 23.4 Å². The minimum Gasteiger partial charge on any atom is -0.508 e. The van der Waals surface area contributed by atoms with Gasteiger partial charge in [-0.1, -0.05) is 47.0 Å². The highest BCUT2D eigenvalue weighted by Gasteiger charge is 2.39. The molecule has 0 radical (unpaired) electrons. The van der Waals surface area contributed by atoms with E-state index in [-0.39, 0.29) is 6.10 Å². The van der Waals surface area contributed by atoms with Crippen LogP contribution >= 0.6 is 0 Å². The van der Waals surface area contributed by atoms with Gasteiger partial charge in [-0.05, 0) is 63.0 Å². The first kappa shape index (κ1) is 19.1. The first-order valence-corrected chi connectivity index (χ1v) is 10.4. The fourth-order valence-corrected chi connectivity index (χ4v) is 5.32. The number of ether oxygens (including phenoxy) is 1. The normalized spacial score (nSPS) is 25.2. The molecule has 3 heteroatoms. The Labute approximate surface area is 167 Å². The zero-order valence-electron chi connectivity index (χ0n) is 16.8. The Morgan fingerprint density at radius 3 is 2.46 bits per heavy atom. The number of aliphatic hydroxyl groups is 1. The van der Waals surface area contributed by atoms with Gasteiger partial charge in [0.15, 0.2) is 0 Å². The fourth-order valence-electron chi connectivity index (χ4n) is 5.32. The van der Waals surface area contributed by atoms with E-state index in [1.807, 2.05) is 24.3 Å². The molecule has 2 aromatic carbocycles. The molecule has 0 aliphatic heterocycles. The SMILES string of the molecule is COc1cc(O)cc2c1C1CCC3CC(O)CC3=C1CC2.Cc1ccccc1. The summed E-state index contributed by atoms with van der Waals surface area (Å²) in [6.45, 7) is 2.08. The van der Waals surface area contributed by atoms with Gasteiger partial charge in [-0.15, -0.1) is 0 Å². The van der Waals surface area contributed by atoms with E-state index in [9.17, 15) is 10.2 Å². The predicted molar refractivity (Wildman–Crippen MR) is 112 cm³/mol. The molecule has 1 fully saturated rings. The topological polar surface area (TPSA) is 49.7 Å². The molecule has 1 saturated carbocycles. The van der Waals surface area contributed by atoms with Crippen LogP contribution in [-0.2, 0) is 6.42 Å². The van der Waals surface area contributed by atoms with Crippen LogP contribution in [0.25, 0.3) is 0 Å². The maximum atomic E-state index is 9.99. The number of methoxy groups -OCH3 is 1. The highest BCUT2D eigenvalue weighted by atomic mass is 16.5. The molecule has 0 heterocycles. The van der Waals surface area contributed by atoms with Crippen LogP contribution in [0.4, 0.5) is 0 Å². The minimum atomic E-state index is -0.139. The van der Waals surface area contributed by atoms with E-state index in [1.54, 1.807) is 18.7 Å². The third-order valence-corrected chi connectivity index (χ3v) is 6.53. The van der Waals surface area contributed by atoms with Gasteiger partial charge in [0, 0.05) is 17.5 Å². The van der Waals surface area contributed by atoms with E-state index in [2.05, 4.69) is 19.1 Å². The summed E-state index contributed by atoms with van der Waals surface area (Å²) in [4.78, 5) is 0.